The van der Waals surface area contributed by atoms with Crippen LogP contribution in [0.4, 0.5) is 10.6 Å². The topological polar surface area (TPSA) is 97.0 Å². The summed E-state index contributed by atoms with van der Waals surface area (Å²) in [7, 11) is 0. The number of aromatic nitrogens is 2. The number of amides is 1. The number of nitrogens with two attached hydrogens (primary N) is 1. The molecule has 2 unspecified atom stereocenters. The lowest BCUT2D eigenvalue weighted by atomic mass is 10.1. The highest BCUT2D eigenvalue weighted by Crippen LogP contribution is 2.27. The highest BCUT2D eigenvalue weighted by molar-refractivity contribution is 6.19. The van der Waals surface area contributed by atoms with Crippen LogP contribution in [-0.2, 0) is 9.47 Å². The van der Waals surface area contributed by atoms with Crippen molar-refractivity contribution < 1.29 is 14.3 Å². The Kier molecular flexibility index (Phi) is 5.52. The van der Waals surface area contributed by atoms with E-state index < -0.39 is 11.2 Å². The molecule has 0 aromatic carbocycles. The van der Waals surface area contributed by atoms with E-state index >= 15 is 0 Å². The lowest BCUT2D eigenvalue weighted by Gasteiger charge is -2.52. The molecule has 144 valence electrons. The number of carbonyl (C=O) groups is 1. The van der Waals surface area contributed by atoms with Crippen molar-refractivity contribution in [3.8, 4) is 0 Å². The Morgan fingerprint density at radius 1 is 1.42 bits per heavy atom. The van der Waals surface area contributed by atoms with E-state index in [1.54, 1.807) is 11.1 Å². The molecule has 3 heterocycles. The summed E-state index contributed by atoms with van der Waals surface area (Å²) in [4.78, 5) is 22.2. The van der Waals surface area contributed by atoms with Gasteiger partial charge in [0.15, 0.2) is 0 Å². The van der Waals surface area contributed by atoms with Gasteiger partial charge in [-0.3, -0.25) is 5.01 Å². The molecule has 1 amide bonds. The van der Waals surface area contributed by atoms with Crippen LogP contribution in [0.25, 0.3) is 0 Å². The van der Waals surface area contributed by atoms with E-state index in [4.69, 9.17) is 26.8 Å². The zero-order valence-corrected chi connectivity index (χ0v) is 16.0. The molecule has 2 saturated heterocycles. The first-order valence-corrected chi connectivity index (χ1v) is 8.99. The molecule has 0 radical (unpaired) electrons. The number of rotatable bonds is 3. The molecular formula is C16H25ClN6O3. The molecule has 2 aliphatic heterocycles. The molecule has 10 heteroatoms. The molecule has 0 bridgehead atoms. The van der Waals surface area contributed by atoms with Crippen LogP contribution in [0.1, 0.15) is 20.8 Å². The highest BCUT2D eigenvalue weighted by atomic mass is 35.5. The van der Waals surface area contributed by atoms with Crippen LogP contribution in [-0.4, -0.2) is 75.6 Å². The van der Waals surface area contributed by atoms with Crippen molar-refractivity contribution in [2.75, 3.05) is 31.3 Å². The molecule has 1 aromatic heterocycles. The number of likely N-dealkylation sites (tertiary alicyclic amines) is 1. The highest BCUT2D eigenvalue weighted by Gasteiger charge is 2.42. The molecule has 1 aromatic rings. The molecule has 2 aliphatic rings. The van der Waals surface area contributed by atoms with Crippen molar-refractivity contribution in [3.63, 3.8) is 0 Å². The Labute approximate surface area is 158 Å². The summed E-state index contributed by atoms with van der Waals surface area (Å²) >= 11 is 6.16. The molecule has 0 spiro atoms. The maximum atomic E-state index is 12.2. The summed E-state index contributed by atoms with van der Waals surface area (Å²) in [6, 6.07) is 1.83. The van der Waals surface area contributed by atoms with Crippen LogP contribution in [0.5, 0.6) is 0 Å². The molecule has 9 nitrogen and oxygen atoms in total. The molecule has 2 N–H and O–H groups in total. The second-order valence-electron chi connectivity index (χ2n) is 7.38. The van der Waals surface area contributed by atoms with E-state index in [0.717, 1.165) is 0 Å². The third-order valence-electron chi connectivity index (χ3n) is 4.10. The fourth-order valence-electron chi connectivity index (χ4n) is 2.91. The molecule has 2 fully saturated rings. The monoisotopic (exact) mass is 384 g/mol. The van der Waals surface area contributed by atoms with Crippen molar-refractivity contribution in [2.24, 2.45) is 5.73 Å². The van der Waals surface area contributed by atoms with Crippen LogP contribution in [0.15, 0.2) is 18.6 Å². The van der Waals surface area contributed by atoms with Gasteiger partial charge in [0.05, 0.1) is 25.4 Å². The van der Waals surface area contributed by atoms with Crippen LogP contribution >= 0.6 is 11.6 Å². The lowest BCUT2D eigenvalue weighted by Crippen LogP contribution is -2.70. The largest absolute Gasteiger partial charge is 0.444 e. The van der Waals surface area contributed by atoms with Gasteiger partial charge in [-0.1, -0.05) is 11.6 Å². The van der Waals surface area contributed by atoms with E-state index in [9.17, 15) is 4.79 Å². The molecule has 26 heavy (non-hydrogen) atoms. The number of anilines is 1. The Morgan fingerprint density at radius 3 is 2.77 bits per heavy atom. The normalized spacial score (nSPS) is 24.9. The van der Waals surface area contributed by atoms with Crippen molar-refractivity contribution >= 4 is 23.5 Å². The van der Waals surface area contributed by atoms with E-state index in [2.05, 4.69) is 9.97 Å². The van der Waals surface area contributed by atoms with Gasteiger partial charge in [-0.05, 0) is 20.8 Å². The van der Waals surface area contributed by atoms with Gasteiger partial charge < -0.3 is 20.1 Å². The number of alkyl halides is 1. The third kappa shape index (κ3) is 4.35. The van der Waals surface area contributed by atoms with Gasteiger partial charge in [0, 0.05) is 25.4 Å². The number of halogens is 1. The van der Waals surface area contributed by atoms with E-state index in [0.29, 0.717) is 32.1 Å². The first-order valence-electron chi connectivity index (χ1n) is 8.55. The third-order valence-corrected chi connectivity index (χ3v) is 4.36. The second kappa shape index (κ2) is 7.51. The minimum atomic E-state index is -0.521. The Bertz CT molecular complexity index is 622. The summed E-state index contributed by atoms with van der Waals surface area (Å²) in [5.74, 6) is 0.704. The average Bonchev–Trinajstić information content (AvgIpc) is 2.52. The lowest BCUT2D eigenvalue weighted by molar-refractivity contribution is -0.0481. The van der Waals surface area contributed by atoms with Crippen LogP contribution in [0, 0.1) is 0 Å². The molecule has 2 atom stereocenters. The number of nitrogens with zero attached hydrogens (tertiary/aromatic N) is 5. The van der Waals surface area contributed by atoms with Crippen LogP contribution < -0.4 is 10.7 Å². The second-order valence-corrected chi connectivity index (χ2v) is 7.87. The zero-order valence-electron chi connectivity index (χ0n) is 15.2. The Balaban J connectivity index is 1.73. The molecule has 3 rings (SSSR count). The van der Waals surface area contributed by atoms with Gasteiger partial charge in [0.2, 0.25) is 0 Å². The fourth-order valence-corrected chi connectivity index (χ4v) is 3.12. The van der Waals surface area contributed by atoms with Gasteiger partial charge in [-0.2, -0.15) is 5.01 Å². The van der Waals surface area contributed by atoms with Crippen molar-refractivity contribution in [1.29, 1.82) is 0 Å². The standard InChI is InChI=1S/C16H25ClN6O3/c1-16(2,3)26-15(24)21-6-11(7-21)23(14-4-5-19-10-20-14)22-8-12(17)25-9-13(22)18/h4-5,10-13H,6-9,18H2,1-3H3. The van der Waals surface area contributed by atoms with E-state index in [-0.39, 0.29) is 18.3 Å². The predicted octanol–water partition coefficient (Wildman–Crippen LogP) is 0.999. The Hall–Kier alpha value is -1.68. The molecular weight excluding hydrogens is 360 g/mol. The average molecular weight is 385 g/mol. The van der Waals surface area contributed by atoms with Gasteiger partial charge in [-0.25, -0.2) is 14.8 Å². The van der Waals surface area contributed by atoms with Gasteiger partial charge in [-0.15, -0.1) is 0 Å². The quantitative estimate of drug-likeness (QED) is 0.771. The molecule has 0 aliphatic carbocycles. The van der Waals surface area contributed by atoms with Crippen LogP contribution in [0.2, 0.25) is 0 Å². The van der Waals surface area contributed by atoms with Crippen molar-refractivity contribution in [2.45, 2.75) is 44.1 Å². The summed E-state index contributed by atoms with van der Waals surface area (Å²) in [6.45, 7) is 7.31. The number of hydrazine groups is 1. The first kappa shape index (κ1) is 19.1. The van der Waals surface area contributed by atoms with Gasteiger partial charge in [0.25, 0.3) is 0 Å². The number of carbonyl (C=O) groups excluding carboxylic acids is 1. The van der Waals surface area contributed by atoms with Crippen molar-refractivity contribution in [3.05, 3.63) is 18.6 Å². The van der Waals surface area contributed by atoms with Crippen molar-refractivity contribution in [1.82, 2.24) is 19.9 Å². The zero-order chi connectivity index (χ0) is 18.9. The minimum absolute atomic E-state index is 0.0189. The number of hydrogen-bond acceptors (Lipinski definition) is 8. The first-order chi connectivity index (χ1) is 12.2. The fraction of sp³-hybridized carbons (Fsp3) is 0.688. The maximum absolute atomic E-state index is 12.2. The van der Waals surface area contributed by atoms with E-state index in [1.807, 2.05) is 36.9 Å². The summed E-state index contributed by atoms with van der Waals surface area (Å²) in [6.07, 6.45) is 2.48. The minimum Gasteiger partial charge on any atom is -0.444 e. The van der Waals surface area contributed by atoms with Gasteiger partial charge in [0.1, 0.15) is 23.3 Å². The summed E-state index contributed by atoms with van der Waals surface area (Å²) in [5, 5.41) is 3.94. The van der Waals surface area contributed by atoms with E-state index in [1.165, 1.54) is 6.33 Å². The summed E-state index contributed by atoms with van der Waals surface area (Å²) < 4.78 is 10.8. The number of hydrogen-bond donors (Lipinski definition) is 1. The summed E-state index contributed by atoms with van der Waals surface area (Å²) in [5.41, 5.74) is 5.25. The van der Waals surface area contributed by atoms with Gasteiger partial charge >= 0.3 is 6.09 Å². The van der Waals surface area contributed by atoms with Crippen LogP contribution in [0.3, 0.4) is 0 Å². The predicted molar refractivity (Wildman–Crippen MR) is 96.4 cm³/mol. The Morgan fingerprint density at radius 2 is 2.15 bits per heavy atom. The number of ether oxygens (including phenoxy) is 2. The SMILES string of the molecule is CC(C)(C)OC(=O)N1CC(N(c2ccncn2)N2CC(Cl)OCC2N)C1. The maximum Gasteiger partial charge on any atom is 0.410 e. The number of morpholine rings is 1. The molecule has 0 saturated carbocycles. The smallest absolute Gasteiger partial charge is 0.410 e.